The van der Waals surface area contributed by atoms with Crippen LogP contribution in [0.15, 0.2) is 22.7 Å². The number of anilines is 1. The smallest absolute Gasteiger partial charge is 0.329 e. The average molecular weight is 359 g/mol. The van der Waals surface area contributed by atoms with E-state index in [4.69, 9.17) is 0 Å². The number of carboxylic acids is 1. The third kappa shape index (κ3) is 3.02. The number of halogens is 2. The summed E-state index contributed by atoms with van der Waals surface area (Å²) in [6, 6.07) is 3.74. The van der Waals surface area contributed by atoms with Crippen molar-refractivity contribution in [3.63, 3.8) is 0 Å². The number of hydrogen-bond acceptors (Lipinski definition) is 2. The number of likely N-dealkylation sites (tertiary alicyclic amines) is 1. The minimum absolute atomic E-state index is 0.0146. The van der Waals surface area contributed by atoms with Gasteiger partial charge in [-0.2, -0.15) is 0 Å². The van der Waals surface area contributed by atoms with Gasteiger partial charge < -0.3 is 15.3 Å². The van der Waals surface area contributed by atoms with E-state index in [2.05, 4.69) is 21.2 Å². The second kappa shape index (κ2) is 6.01. The zero-order chi connectivity index (χ0) is 15.6. The summed E-state index contributed by atoms with van der Waals surface area (Å²) < 4.78 is 14.2. The van der Waals surface area contributed by atoms with Crippen LogP contribution in [0, 0.1) is 5.82 Å². The Morgan fingerprint density at radius 1 is 1.43 bits per heavy atom. The van der Waals surface area contributed by atoms with Gasteiger partial charge in [-0.1, -0.05) is 6.07 Å². The number of carbonyl (C=O) groups excluding carboxylic acids is 1. The third-order valence-corrected chi connectivity index (χ3v) is 4.45. The van der Waals surface area contributed by atoms with E-state index in [1.54, 1.807) is 6.07 Å². The van der Waals surface area contributed by atoms with Crippen molar-refractivity contribution < 1.29 is 19.1 Å². The first kappa shape index (κ1) is 15.8. The van der Waals surface area contributed by atoms with Crippen LogP contribution < -0.4 is 5.32 Å². The number of para-hydroxylation sites is 1. The van der Waals surface area contributed by atoms with Crippen LogP contribution in [0.4, 0.5) is 14.9 Å². The molecule has 0 aromatic heterocycles. The van der Waals surface area contributed by atoms with E-state index in [0.717, 1.165) is 12.8 Å². The minimum Gasteiger partial charge on any atom is -0.480 e. The lowest BCUT2D eigenvalue weighted by Crippen LogP contribution is -2.58. The topological polar surface area (TPSA) is 69.6 Å². The van der Waals surface area contributed by atoms with E-state index in [9.17, 15) is 19.1 Å². The molecule has 1 atom stereocenters. The van der Waals surface area contributed by atoms with Crippen LogP contribution in [0.1, 0.15) is 26.2 Å². The first-order valence-electron chi connectivity index (χ1n) is 6.62. The van der Waals surface area contributed by atoms with Crippen molar-refractivity contribution in [2.75, 3.05) is 11.9 Å². The van der Waals surface area contributed by atoms with Gasteiger partial charge in [0.15, 0.2) is 0 Å². The predicted octanol–water partition coefficient (Wildman–Crippen LogP) is 3.45. The molecule has 114 valence electrons. The molecule has 1 saturated heterocycles. The van der Waals surface area contributed by atoms with Crippen molar-refractivity contribution in [2.24, 2.45) is 0 Å². The SMILES string of the molecule is CC1(C(=O)O)CCCCN1C(=O)Nc1c(F)cccc1Br. The van der Waals surface area contributed by atoms with E-state index in [0.29, 0.717) is 17.4 Å². The predicted molar refractivity (Wildman–Crippen MR) is 79.7 cm³/mol. The van der Waals surface area contributed by atoms with E-state index < -0.39 is 23.4 Å². The number of hydrogen-bond donors (Lipinski definition) is 2. The number of benzene rings is 1. The Kier molecular flexibility index (Phi) is 4.51. The Morgan fingerprint density at radius 2 is 2.14 bits per heavy atom. The van der Waals surface area contributed by atoms with Gasteiger partial charge in [-0.15, -0.1) is 0 Å². The van der Waals surface area contributed by atoms with Crippen LogP contribution >= 0.6 is 15.9 Å². The Labute approximate surface area is 130 Å². The van der Waals surface area contributed by atoms with Gasteiger partial charge in [0, 0.05) is 11.0 Å². The fourth-order valence-corrected chi connectivity index (χ4v) is 2.90. The number of carbonyl (C=O) groups is 2. The zero-order valence-electron chi connectivity index (χ0n) is 11.5. The molecule has 1 heterocycles. The van der Waals surface area contributed by atoms with Gasteiger partial charge in [0.2, 0.25) is 0 Å². The molecule has 0 saturated carbocycles. The van der Waals surface area contributed by atoms with Crippen molar-refractivity contribution in [1.82, 2.24) is 4.90 Å². The standard InChI is InChI=1S/C14H16BrFN2O3/c1-14(12(19)20)7-2-3-8-18(14)13(21)17-11-9(15)5-4-6-10(11)16/h4-6H,2-3,7-8H2,1H3,(H,17,21)(H,19,20). The molecule has 0 radical (unpaired) electrons. The van der Waals surface area contributed by atoms with Gasteiger partial charge in [0.25, 0.3) is 0 Å². The molecule has 5 nitrogen and oxygen atoms in total. The van der Waals surface area contributed by atoms with Crippen molar-refractivity contribution in [1.29, 1.82) is 0 Å². The first-order valence-corrected chi connectivity index (χ1v) is 7.41. The molecule has 0 spiro atoms. The van der Waals surface area contributed by atoms with Crippen LogP contribution in [0.25, 0.3) is 0 Å². The first-order chi connectivity index (χ1) is 9.86. The van der Waals surface area contributed by atoms with E-state index in [1.807, 2.05) is 0 Å². The van der Waals surface area contributed by atoms with Gasteiger partial charge in [-0.25, -0.2) is 14.0 Å². The number of amides is 2. The van der Waals surface area contributed by atoms with Crippen molar-refractivity contribution >= 4 is 33.6 Å². The highest BCUT2D eigenvalue weighted by Gasteiger charge is 2.44. The van der Waals surface area contributed by atoms with Gasteiger partial charge in [-0.3, -0.25) is 0 Å². The Morgan fingerprint density at radius 3 is 2.76 bits per heavy atom. The number of aliphatic carboxylic acids is 1. The van der Waals surface area contributed by atoms with Gasteiger partial charge in [0.05, 0.1) is 5.69 Å². The summed E-state index contributed by atoms with van der Waals surface area (Å²) in [4.78, 5) is 25.1. The second-order valence-corrected chi connectivity index (χ2v) is 6.07. The molecule has 2 N–H and O–H groups in total. The lowest BCUT2D eigenvalue weighted by Gasteiger charge is -2.41. The highest BCUT2D eigenvalue weighted by Crippen LogP contribution is 2.31. The lowest BCUT2D eigenvalue weighted by molar-refractivity contribution is -0.150. The second-order valence-electron chi connectivity index (χ2n) is 5.21. The Hall–Kier alpha value is -1.63. The Bertz CT molecular complexity index is 561. The molecular formula is C14H16BrFN2O3. The van der Waals surface area contributed by atoms with Crippen LogP contribution in [0.5, 0.6) is 0 Å². The molecular weight excluding hydrogens is 343 g/mol. The number of urea groups is 1. The molecule has 0 bridgehead atoms. The fraction of sp³-hybridized carbons (Fsp3) is 0.429. The Balaban J connectivity index is 2.24. The van der Waals surface area contributed by atoms with Crippen LogP contribution in [-0.4, -0.2) is 34.1 Å². The third-order valence-electron chi connectivity index (χ3n) is 3.79. The number of rotatable bonds is 2. The van der Waals surface area contributed by atoms with Crippen molar-refractivity contribution in [2.45, 2.75) is 31.7 Å². The number of nitrogens with one attached hydrogen (secondary N) is 1. The van der Waals surface area contributed by atoms with E-state index in [-0.39, 0.29) is 5.69 Å². The summed E-state index contributed by atoms with van der Waals surface area (Å²) in [5.41, 5.74) is -1.25. The maximum Gasteiger partial charge on any atom is 0.329 e. The van der Waals surface area contributed by atoms with E-state index >= 15 is 0 Å². The maximum absolute atomic E-state index is 13.7. The molecule has 7 heteroatoms. The van der Waals surface area contributed by atoms with Gasteiger partial charge in [0.1, 0.15) is 11.4 Å². The molecule has 1 unspecified atom stereocenters. The molecule has 1 aromatic rings. The molecule has 21 heavy (non-hydrogen) atoms. The number of carboxylic acid groups (broad SMARTS) is 1. The normalized spacial score (nSPS) is 22.0. The molecule has 2 amide bonds. The monoisotopic (exact) mass is 358 g/mol. The van der Waals surface area contributed by atoms with Gasteiger partial charge >= 0.3 is 12.0 Å². The highest BCUT2D eigenvalue weighted by atomic mass is 79.9. The number of nitrogens with zero attached hydrogens (tertiary/aromatic N) is 1. The molecule has 1 aliphatic heterocycles. The van der Waals surface area contributed by atoms with Crippen LogP contribution in [0.2, 0.25) is 0 Å². The molecule has 1 aromatic carbocycles. The highest BCUT2D eigenvalue weighted by molar-refractivity contribution is 9.10. The summed E-state index contributed by atoms with van der Waals surface area (Å²) in [5, 5.41) is 11.8. The van der Waals surface area contributed by atoms with Crippen molar-refractivity contribution in [3.05, 3.63) is 28.5 Å². The molecule has 1 aliphatic rings. The summed E-state index contributed by atoms with van der Waals surface area (Å²) in [7, 11) is 0. The zero-order valence-corrected chi connectivity index (χ0v) is 13.1. The summed E-state index contributed by atoms with van der Waals surface area (Å²) in [5.74, 6) is -1.63. The fourth-order valence-electron chi connectivity index (χ4n) is 2.46. The van der Waals surface area contributed by atoms with Crippen LogP contribution in [-0.2, 0) is 4.79 Å². The van der Waals surface area contributed by atoms with Crippen molar-refractivity contribution in [3.8, 4) is 0 Å². The lowest BCUT2D eigenvalue weighted by atomic mass is 9.89. The molecule has 1 fully saturated rings. The summed E-state index contributed by atoms with van der Waals surface area (Å²) in [6.45, 7) is 1.85. The minimum atomic E-state index is -1.26. The largest absolute Gasteiger partial charge is 0.480 e. The number of piperidine rings is 1. The quantitative estimate of drug-likeness (QED) is 0.850. The van der Waals surface area contributed by atoms with Crippen LogP contribution in [0.3, 0.4) is 0 Å². The molecule has 0 aliphatic carbocycles. The van der Waals surface area contributed by atoms with E-state index in [1.165, 1.54) is 24.0 Å². The molecule has 2 rings (SSSR count). The maximum atomic E-state index is 13.7. The summed E-state index contributed by atoms with van der Waals surface area (Å²) >= 11 is 3.17. The summed E-state index contributed by atoms with van der Waals surface area (Å²) in [6.07, 6.45) is 1.86. The average Bonchev–Trinajstić information content (AvgIpc) is 2.43. The van der Waals surface area contributed by atoms with Gasteiger partial charge in [-0.05, 0) is 54.2 Å².